The molecule has 0 saturated heterocycles. The zero-order valence-electron chi connectivity index (χ0n) is 25.9. The van der Waals surface area contributed by atoms with Crippen molar-refractivity contribution >= 4 is 31.4 Å². The Morgan fingerprint density at radius 2 is 1.67 bits per heavy atom. The minimum Gasteiger partial charge on any atom is -0.403 e. The van der Waals surface area contributed by atoms with Gasteiger partial charge in [0.15, 0.2) is 5.60 Å². The first-order valence-electron chi connectivity index (χ1n) is 14.6. The van der Waals surface area contributed by atoms with Crippen molar-refractivity contribution in [1.29, 1.82) is 0 Å². The topological polar surface area (TPSA) is 53.0 Å². The molecule has 2 unspecified atom stereocenters. The summed E-state index contributed by atoms with van der Waals surface area (Å²) in [7, 11) is -1.13. The van der Waals surface area contributed by atoms with Crippen LogP contribution in [0.15, 0.2) is 54.6 Å². The van der Waals surface area contributed by atoms with E-state index in [9.17, 15) is 23.1 Å². The van der Waals surface area contributed by atoms with E-state index in [0.29, 0.717) is 25.0 Å². The molecule has 1 N–H and O–H groups in total. The zero-order chi connectivity index (χ0) is 31.7. The van der Waals surface area contributed by atoms with E-state index in [1.165, 1.54) is 17.0 Å². The Balaban J connectivity index is 1.96. The van der Waals surface area contributed by atoms with Gasteiger partial charge in [-0.05, 0) is 66.1 Å². The van der Waals surface area contributed by atoms with Crippen molar-refractivity contribution in [2.24, 2.45) is 5.41 Å². The fourth-order valence-corrected chi connectivity index (χ4v) is 6.30. The number of carbonyl (C=O) groups excluding carboxylic acids is 1. The highest BCUT2D eigenvalue weighted by Crippen LogP contribution is 2.51. The quantitative estimate of drug-likeness (QED) is 0.225. The van der Waals surface area contributed by atoms with Crippen LogP contribution in [0.4, 0.5) is 18.9 Å². The van der Waals surface area contributed by atoms with E-state index in [2.05, 4.69) is 16.7 Å². The van der Waals surface area contributed by atoms with Crippen molar-refractivity contribution in [2.45, 2.75) is 65.6 Å². The molecule has 0 aliphatic carbocycles. The molecular formula is C34H40F3N2O3Si. The lowest BCUT2D eigenvalue weighted by molar-refractivity contribution is -0.142. The van der Waals surface area contributed by atoms with Gasteiger partial charge in [-0.1, -0.05) is 82.9 Å². The number of alkyl halides is 3. The van der Waals surface area contributed by atoms with Gasteiger partial charge >= 0.3 is 6.18 Å². The molecule has 2 atom stereocenters. The molecule has 0 saturated carbocycles. The number of nitrogens with zero attached hydrogens (tertiary/aromatic N) is 2. The van der Waals surface area contributed by atoms with Crippen LogP contribution in [0, 0.1) is 17.3 Å². The summed E-state index contributed by atoms with van der Waals surface area (Å²) < 4.78 is 50.6. The number of hydrogen-bond acceptors (Lipinski definition) is 4. The maximum atomic E-state index is 14.9. The Kier molecular flexibility index (Phi) is 9.48. The van der Waals surface area contributed by atoms with E-state index in [4.69, 9.17) is 4.43 Å². The second-order valence-corrected chi connectivity index (χ2v) is 14.3. The highest BCUT2D eigenvalue weighted by molar-refractivity contribution is 6.48. The Hall–Kier alpha value is -3.16. The van der Waals surface area contributed by atoms with Crippen molar-refractivity contribution in [2.75, 3.05) is 31.1 Å². The van der Waals surface area contributed by atoms with Crippen LogP contribution in [-0.2, 0) is 21.0 Å². The summed E-state index contributed by atoms with van der Waals surface area (Å²) in [5.74, 6) is 5.18. The molecule has 1 aliphatic heterocycles. The number of fused-ring (bicyclic) bond motifs is 2. The number of halogens is 3. The van der Waals surface area contributed by atoms with Gasteiger partial charge in [0.05, 0.1) is 11.3 Å². The normalized spacial score (nSPS) is 17.9. The van der Waals surface area contributed by atoms with Gasteiger partial charge in [0, 0.05) is 24.2 Å². The summed E-state index contributed by atoms with van der Waals surface area (Å²) in [6.45, 7) is 15.8. The number of aliphatic hydroxyl groups is 1. The first-order valence-corrected chi connectivity index (χ1v) is 17.0. The van der Waals surface area contributed by atoms with E-state index in [1.54, 1.807) is 24.3 Å². The second-order valence-electron chi connectivity index (χ2n) is 12.2. The molecule has 1 aliphatic rings. The summed E-state index contributed by atoms with van der Waals surface area (Å²) in [6.07, 6.45) is -5.35. The van der Waals surface area contributed by atoms with Crippen molar-refractivity contribution in [3.8, 4) is 11.8 Å². The molecule has 1 heterocycles. The molecule has 0 bridgehead atoms. The number of carbonyl (C=O) groups is 1. The lowest BCUT2D eigenvalue weighted by atomic mass is 9.83. The van der Waals surface area contributed by atoms with Crippen LogP contribution in [0.3, 0.4) is 0 Å². The molecule has 0 spiro atoms. The van der Waals surface area contributed by atoms with Gasteiger partial charge in [-0.3, -0.25) is 4.79 Å². The molecule has 43 heavy (non-hydrogen) atoms. The minimum absolute atomic E-state index is 0.0240. The third-order valence-corrected chi connectivity index (χ3v) is 8.53. The molecule has 0 fully saturated rings. The number of amides is 1. The van der Waals surface area contributed by atoms with Gasteiger partial charge in [-0.25, -0.2) is 0 Å². The zero-order valence-corrected chi connectivity index (χ0v) is 26.9. The van der Waals surface area contributed by atoms with Gasteiger partial charge in [-0.2, -0.15) is 13.2 Å². The highest BCUT2D eigenvalue weighted by Gasteiger charge is 2.55. The molecule has 229 valence electrons. The van der Waals surface area contributed by atoms with E-state index < -0.39 is 44.0 Å². The van der Waals surface area contributed by atoms with Crippen LogP contribution in [0.5, 0.6) is 0 Å². The first kappa shape index (κ1) is 32.7. The van der Waals surface area contributed by atoms with Gasteiger partial charge in [0.1, 0.15) is 6.10 Å². The molecule has 0 aromatic heterocycles. The van der Waals surface area contributed by atoms with Gasteiger partial charge < -0.3 is 19.3 Å². The third kappa shape index (κ3) is 6.68. The third-order valence-electron chi connectivity index (χ3n) is 7.82. The minimum atomic E-state index is -4.86. The largest absolute Gasteiger partial charge is 0.416 e. The summed E-state index contributed by atoms with van der Waals surface area (Å²) in [5.41, 5.74) is -4.20. The average Bonchev–Trinajstić information content (AvgIpc) is 3.16. The van der Waals surface area contributed by atoms with Gasteiger partial charge in [-0.15, -0.1) is 0 Å². The van der Waals surface area contributed by atoms with E-state index in [-0.39, 0.29) is 28.8 Å². The maximum absolute atomic E-state index is 14.9. The van der Waals surface area contributed by atoms with Crippen LogP contribution < -0.4 is 4.90 Å². The summed E-state index contributed by atoms with van der Waals surface area (Å²) in [6, 6.07) is 14.6. The summed E-state index contributed by atoms with van der Waals surface area (Å²) >= 11 is 0. The molecule has 1 radical (unpaired) electrons. The van der Waals surface area contributed by atoms with Crippen molar-refractivity contribution in [3.05, 3.63) is 76.9 Å². The van der Waals surface area contributed by atoms with Gasteiger partial charge in [0.2, 0.25) is 9.04 Å². The Morgan fingerprint density at radius 1 is 1.02 bits per heavy atom. The molecule has 3 aromatic rings. The highest BCUT2D eigenvalue weighted by atomic mass is 28.3. The first-order chi connectivity index (χ1) is 20.1. The average molecular weight is 610 g/mol. The predicted molar refractivity (Wildman–Crippen MR) is 167 cm³/mol. The Morgan fingerprint density at radius 3 is 2.26 bits per heavy atom. The number of benzene rings is 3. The van der Waals surface area contributed by atoms with Crippen LogP contribution in [0.1, 0.15) is 56.9 Å². The molecule has 4 rings (SSSR count). The molecule has 3 aromatic carbocycles. The number of likely N-dealkylation sites (N-methyl/N-ethyl adjacent to an activating group) is 1. The van der Waals surface area contributed by atoms with Gasteiger partial charge in [0.25, 0.3) is 5.91 Å². The lowest BCUT2D eigenvalue weighted by Crippen LogP contribution is -2.44. The Bertz CT molecular complexity index is 1550. The fourth-order valence-electron chi connectivity index (χ4n) is 5.42. The lowest BCUT2D eigenvalue weighted by Gasteiger charge is -2.28. The molecular weight excluding hydrogens is 569 g/mol. The smallest absolute Gasteiger partial charge is 0.403 e. The SMILES string of the molecule is CCN(CC)CCN1C(=O)C(O)(c2ccc3ccccc3c2)c2c1cc(C#CC(O[Si](C)C)C(C)(C)C)cc2C(F)(F)F. The number of anilines is 1. The maximum Gasteiger partial charge on any atom is 0.416 e. The molecule has 1 amide bonds. The van der Waals surface area contributed by atoms with Crippen molar-refractivity contribution in [1.82, 2.24) is 4.90 Å². The monoisotopic (exact) mass is 609 g/mol. The Labute approximate surface area is 254 Å². The fraction of sp³-hybridized carbons (Fsp3) is 0.441. The van der Waals surface area contributed by atoms with E-state index in [0.717, 1.165) is 11.5 Å². The van der Waals surface area contributed by atoms with Crippen LogP contribution >= 0.6 is 0 Å². The van der Waals surface area contributed by atoms with Crippen LogP contribution in [0.2, 0.25) is 13.1 Å². The van der Waals surface area contributed by atoms with E-state index >= 15 is 0 Å². The standard InChI is InChI=1S/C34H40F3N2O3Si/c1-8-38(9-2)18-19-39-28-21-23(14-17-29(32(3,4)5)42-43(6)7)20-27(34(35,36)37)30(28)33(41,31(39)40)26-16-15-24-12-10-11-13-25(24)22-26/h10-13,15-16,20-22,29,41H,8-9,18-19H2,1-7H3. The van der Waals surface area contributed by atoms with Crippen molar-refractivity contribution in [3.63, 3.8) is 0 Å². The summed E-state index contributed by atoms with van der Waals surface area (Å²) in [4.78, 5) is 17.5. The molecule has 5 nitrogen and oxygen atoms in total. The molecule has 9 heteroatoms. The van der Waals surface area contributed by atoms with Crippen LogP contribution in [-0.4, -0.2) is 57.2 Å². The van der Waals surface area contributed by atoms with Crippen LogP contribution in [0.25, 0.3) is 10.8 Å². The van der Waals surface area contributed by atoms with E-state index in [1.807, 2.05) is 59.8 Å². The summed E-state index contributed by atoms with van der Waals surface area (Å²) in [5, 5.41) is 13.8. The number of hydrogen-bond donors (Lipinski definition) is 1. The second kappa shape index (κ2) is 12.4. The van der Waals surface area contributed by atoms with Crippen molar-refractivity contribution < 1.29 is 27.5 Å². The predicted octanol–water partition coefficient (Wildman–Crippen LogP) is 6.82. The number of rotatable bonds is 8.